The topological polar surface area (TPSA) is 32.7 Å². The Balaban J connectivity index is 3.57. The highest BCUT2D eigenvalue weighted by atomic mass is 16.5. The van der Waals surface area contributed by atoms with Gasteiger partial charge in [-0.15, -0.1) is 0 Å². The van der Waals surface area contributed by atoms with Crippen LogP contribution in [0.5, 0.6) is 0 Å². The van der Waals surface area contributed by atoms with Gasteiger partial charge in [0.15, 0.2) is 0 Å². The second-order valence-corrected chi connectivity index (χ2v) is 3.74. The van der Waals surface area contributed by atoms with Crippen molar-refractivity contribution in [2.24, 2.45) is 0 Å². The Morgan fingerprint density at radius 3 is 2.21 bits per heavy atom. The van der Waals surface area contributed by atoms with Crippen molar-refractivity contribution in [3.05, 3.63) is 0 Å². The smallest absolute Gasteiger partial charge is 0.0993 e. The predicted molar refractivity (Wildman–Crippen MR) is 59.3 cm³/mol. The minimum Gasteiger partial charge on any atom is -0.396 e. The molecule has 0 saturated heterocycles. The largest absolute Gasteiger partial charge is 0.396 e. The minimum atomic E-state index is 0.163. The quantitative estimate of drug-likeness (QED) is 0.581. The van der Waals surface area contributed by atoms with Gasteiger partial charge in [0.1, 0.15) is 0 Å². The van der Waals surface area contributed by atoms with Crippen molar-refractivity contribution < 1.29 is 9.84 Å². The Hall–Kier alpha value is -0.120. The Morgan fingerprint density at radius 1 is 1.21 bits per heavy atom. The maximum Gasteiger partial charge on any atom is 0.0993 e. The molecule has 1 N–H and O–H groups in total. The molecular weight excluding hydrogens is 178 g/mol. The van der Waals surface area contributed by atoms with Crippen LogP contribution in [0.15, 0.2) is 0 Å². The zero-order valence-electron chi connectivity index (χ0n) is 9.83. The number of aliphatic hydroxyl groups is 1. The third-order valence-corrected chi connectivity index (χ3v) is 2.16. The average molecular weight is 203 g/mol. The standard InChI is InChI=1S/C11H25NO2/c1-4-7-12(8-5-2)10-14-11(3)6-9-13/h11,13H,4-10H2,1-3H3. The van der Waals surface area contributed by atoms with Crippen molar-refractivity contribution in [3.8, 4) is 0 Å². The molecule has 0 aromatic rings. The third-order valence-electron chi connectivity index (χ3n) is 2.16. The molecule has 0 aliphatic carbocycles. The fourth-order valence-electron chi connectivity index (χ4n) is 1.37. The number of hydrogen-bond acceptors (Lipinski definition) is 3. The molecule has 0 aromatic heterocycles. The van der Waals surface area contributed by atoms with Crippen LogP contribution in [0.4, 0.5) is 0 Å². The lowest BCUT2D eigenvalue weighted by molar-refractivity contribution is -0.0231. The monoisotopic (exact) mass is 203 g/mol. The first-order chi connectivity index (χ1) is 6.74. The van der Waals surface area contributed by atoms with Crippen LogP contribution < -0.4 is 0 Å². The molecule has 0 bridgehead atoms. The molecule has 0 fully saturated rings. The van der Waals surface area contributed by atoms with E-state index in [1.807, 2.05) is 6.92 Å². The van der Waals surface area contributed by atoms with E-state index in [4.69, 9.17) is 9.84 Å². The summed E-state index contributed by atoms with van der Waals surface area (Å²) in [5.41, 5.74) is 0. The molecule has 0 heterocycles. The van der Waals surface area contributed by atoms with E-state index in [0.29, 0.717) is 6.73 Å². The lowest BCUT2D eigenvalue weighted by Gasteiger charge is -2.23. The van der Waals surface area contributed by atoms with E-state index in [-0.39, 0.29) is 12.7 Å². The van der Waals surface area contributed by atoms with Gasteiger partial charge in [-0.2, -0.15) is 0 Å². The van der Waals surface area contributed by atoms with Crippen molar-refractivity contribution in [2.45, 2.75) is 46.1 Å². The van der Waals surface area contributed by atoms with Gasteiger partial charge in [-0.3, -0.25) is 4.90 Å². The molecule has 14 heavy (non-hydrogen) atoms. The number of hydrogen-bond donors (Lipinski definition) is 1. The van der Waals surface area contributed by atoms with E-state index in [0.717, 1.165) is 32.4 Å². The van der Waals surface area contributed by atoms with Crippen LogP contribution in [0.3, 0.4) is 0 Å². The van der Waals surface area contributed by atoms with Crippen molar-refractivity contribution in [1.82, 2.24) is 4.90 Å². The van der Waals surface area contributed by atoms with Gasteiger partial charge in [-0.1, -0.05) is 13.8 Å². The molecule has 0 aromatic carbocycles. The summed E-state index contributed by atoms with van der Waals surface area (Å²) in [6.45, 7) is 9.47. The van der Waals surface area contributed by atoms with E-state index < -0.39 is 0 Å². The normalized spacial score (nSPS) is 13.5. The van der Waals surface area contributed by atoms with Crippen LogP contribution >= 0.6 is 0 Å². The summed E-state index contributed by atoms with van der Waals surface area (Å²) in [4.78, 5) is 2.31. The molecule has 0 aliphatic rings. The Labute approximate surface area is 88.1 Å². The fraction of sp³-hybridized carbons (Fsp3) is 1.00. The van der Waals surface area contributed by atoms with E-state index in [2.05, 4.69) is 18.7 Å². The van der Waals surface area contributed by atoms with Crippen LogP contribution in [0.25, 0.3) is 0 Å². The highest BCUT2D eigenvalue weighted by Gasteiger charge is 2.05. The highest BCUT2D eigenvalue weighted by molar-refractivity contribution is 4.53. The van der Waals surface area contributed by atoms with Gasteiger partial charge in [0.2, 0.25) is 0 Å². The van der Waals surface area contributed by atoms with Gasteiger partial charge < -0.3 is 9.84 Å². The van der Waals surface area contributed by atoms with Crippen LogP contribution in [0.2, 0.25) is 0 Å². The summed E-state index contributed by atoms with van der Waals surface area (Å²) < 4.78 is 5.62. The molecule has 0 amide bonds. The summed E-state index contributed by atoms with van der Waals surface area (Å²) in [5, 5.41) is 8.72. The molecule has 3 heteroatoms. The first-order valence-electron chi connectivity index (χ1n) is 5.69. The zero-order valence-corrected chi connectivity index (χ0v) is 9.83. The fourth-order valence-corrected chi connectivity index (χ4v) is 1.37. The predicted octanol–water partition coefficient (Wildman–Crippen LogP) is 1.85. The minimum absolute atomic E-state index is 0.163. The molecule has 0 radical (unpaired) electrons. The van der Waals surface area contributed by atoms with Gasteiger partial charge in [0, 0.05) is 19.7 Å². The molecule has 0 saturated carbocycles. The lowest BCUT2D eigenvalue weighted by Crippen LogP contribution is -2.30. The van der Waals surface area contributed by atoms with Crippen molar-refractivity contribution in [3.63, 3.8) is 0 Å². The third kappa shape index (κ3) is 7.30. The second-order valence-electron chi connectivity index (χ2n) is 3.74. The molecule has 1 unspecified atom stereocenters. The Bertz CT molecular complexity index is 114. The summed E-state index contributed by atoms with van der Waals surface area (Å²) >= 11 is 0. The van der Waals surface area contributed by atoms with Gasteiger partial charge in [-0.25, -0.2) is 0 Å². The Kier molecular flexibility index (Phi) is 9.35. The van der Waals surface area contributed by atoms with Crippen LogP contribution in [0, 0.1) is 0 Å². The SMILES string of the molecule is CCCN(CCC)COC(C)CCO. The number of ether oxygens (including phenoxy) is 1. The van der Waals surface area contributed by atoms with Gasteiger partial charge in [0.05, 0.1) is 12.8 Å². The number of rotatable bonds is 9. The Morgan fingerprint density at radius 2 is 1.79 bits per heavy atom. The molecule has 0 rings (SSSR count). The molecule has 3 nitrogen and oxygen atoms in total. The van der Waals surface area contributed by atoms with Crippen LogP contribution in [-0.2, 0) is 4.74 Å². The first-order valence-corrected chi connectivity index (χ1v) is 5.69. The van der Waals surface area contributed by atoms with E-state index in [1.165, 1.54) is 0 Å². The van der Waals surface area contributed by atoms with E-state index in [1.54, 1.807) is 0 Å². The molecule has 0 spiro atoms. The average Bonchev–Trinajstić information content (AvgIpc) is 2.15. The molecule has 0 aliphatic heterocycles. The van der Waals surface area contributed by atoms with Gasteiger partial charge >= 0.3 is 0 Å². The van der Waals surface area contributed by atoms with E-state index >= 15 is 0 Å². The number of nitrogens with zero attached hydrogens (tertiary/aromatic N) is 1. The molecular formula is C11H25NO2. The van der Waals surface area contributed by atoms with Crippen molar-refractivity contribution in [2.75, 3.05) is 26.4 Å². The van der Waals surface area contributed by atoms with Crippen molar-refractivity contribution >= 4 is 0 Å². The second kappa shape index (κ2) is 9.44. The summed E-state index contributed by atoms with van der Waals surface area (Å²) in [5.74, 6) is 0. The summed E-state index contributed by atoms with van der Waals surface area (Å²) in [6, 6.07) is 0. The lowest BCUT2D eigenvalue weighted by atomic mass is 10.3. The van der Waals surface area contributed by atoms with Crippen LogP contribution in [-0.4, -0.2) is 42.5 Å². The maximum absolute atomic E-state index is 8.72. The van der Waals surface area contributed by atoms with E-state index in [9.17, 15) is 0 Å². The summed E-state index contributed by atoms with van der Waals surface area (Å²) in [6.07, 6.45) is 3.22. The molecule has 1 atom stereocenters. The maximum atomic E-state index is 8.72. The molecule has 86 valence electrons. The van der Waals surface area contributed by atoms with Crippen LogP contribution in [0.1, 0.15) is 40.0 Å². The van der Waals surface area contributed by atoms with Gasteiger partial charge in [-0.05, 0) is 26.2 Å². The highest BCUT2D eigenvalue weighted by Crippen LogP contribution is 2.00. The first kappa shape index (κ1) is 13.9. The summed E-state index contributed by atoms with van der Waals surface area (Å²) in [7, 11) is 0. The van der Waals surface area contributed by atoms with Crippen molar-refractivity contribution in [1.29, 1.82) is 0 Å². The van der Waals surface area contributed by atoms with Gasteiger partial charge in [0.25, 0.3) is 0 Å². The zero-order chi connectivity index (χ0) is 10.8. The number of aliphatic hydroxyl groups excluding tert-OH is 1.